The molecule has 0 bridgehead atoms. The van der Waals surface area contributed by atoms with Gasteiger partial charge in [0.25, 0.3) is 0 Å². The van der Waals surface area contributed by atoms with Gasteiger partial charge >= 0.3 is 179 Å². The average molecular weight is 367 g/mol. The molecule has 0 atom stereocenters. The third-order valence-corrected chi connectivity index (χ3v) is 0. The Morgan fingerprint density at radius 1 is 0.375 bits per heavy atom. The van der Waals surface area contributed by atoms with Crippen LogP contribution in [0.15, 0.2) is 0 Å². The van der Waals surface area contributed by atoms with Crippen molar-refractivity contribution in [1.82, 2.24) is 0 Å². The second-order valence-electron chi connectivity index (χ2n) is 0. The second-order valence-corrected chi connectivity index (χ2v) is 0. The topological polar surface area (TPSA) is 0 Å². The van der Waals surface area contributed by atoms with E-state index in [2.05, 4.69) is 0 Å². The van der Waals surface area contributed by atoms with Crippen molar-refractivity contribution in [3.63, 3.8) is 0 Å². The van der Waals surface area contributed by atoms with E-state index in [-0.39, 0.29) is 233 Å². The molecule has 0 aliphatic heterocycles. The molecule has 0 aliphatic rings. The van der Waals surface area contributed by atoms with Crippen molar-refractivity contribution in [3.8, 4) is 0 Å². The monoisotopic (exact) mass is 366 g/mol. The van der Waals surface area contributed by atoms with Gasteiger partial charge in [-0.2, -0.15) is 0 Å². The molecule has 0 heterocycles. The SMILES string of the molecule is [K+].[K+].[K+].[S-2].[S-2].[S-2].[S-2].[Sb+5]. The van der Waals surface area contributed by atoms with Crippen molar-refractivity contribution >= 4 is 78.4 Å². The third-order valence-electron chi connectivity index (χ3n) is 0. The fourth-order valence-corrected chi connectivity index (χ4v) is 0. The Balaban J connectivity index is 0. The zero-order valence-electron chi connectivity index (χ0n) is 5.08. The summed E-state index contributed by atoms with van der Waals surface area (Å²) >= 11 is 0. The molecule has 0 nitrogen and oxygen atoms in total. The maximum absolute atomic E-state index is 0. The van der Waals surface area contributed by atoms with E-state index in [4.69, 9.17) is 0 Å². The van der Waals surface area contributed by atoms with Crippen LogP contribution in [0, 0.1) is 0 Å². The fraction of sp³-hybridized carbons (Fsp3) is 0. The predicted molar refractivity (Wildman–Crippen MR) is 35.2 cm³/mol. The molecule has 0 aromatic carbocycles. The molecule has 0 saturated carbocycles. The molecule has 0 aromatic rings. The van der Waals surface area contributed by atoms with Crippen LogP contribution >= 0.6 is 0 Å². The minimum Gasteiger partial charge on any atom is -2.00 e. The van der Waals surface area contributed by atoms with E-state index < -0.39 is 0 Å². The maximum atomic E-state index is 0. The van der Waals surface area contributed by atoms with Gasteiger partial charge in [-0.05, 0) is 0 Å². The molecule has 0 amide bonds. The summed E-state index contributed by atoms with van der Waals surface area (Å²) in [6.45, 7) is 0. The summed E-state index contributed by atoms with van der Waals surface area (Å²) in [6, 6.07) is 0. The van der Waals surface area contributed by atoms with Crippen molar-refractivity contribution < 1.29 is 154 Å². The standard InChI is InChI=1S/3K.4S.Sb/q3*+1;4*-2;+5. The van der Waals surface area contributed by atoms with E-state index in [1.54, 1.807) is 0 Å². The summed E-state index contributed by atoms with van der Waals surface area (Å²) in [4.78, 5) is 0. The van der Waals surface area contributed by atoms with E-state index >= 15 is 0 Å². The van der Waals surface area contributed by atoms with Crippen molar-refractivity contribution in [2.24, 2.45) is 0 Å². The first-order chi connectivity index (χ1) is 0. The van der Waals surface area contributed by atoms with Gasteiger partial charge in [-0.25, -0.2) is 0 Å². The van der Waals surface area contributed by atoms with Crippen LogP contribution in [0.25, 0.3) is 0 Å². The molecule has 0 rings (SSSR count). The van der Waals surface area contributed by atoms with Crippen LogP contribution in [0.2, 0.25) is 0 Å². The van der Waals surface area contributed by atoms with Gasteiger partial charge in [0.1, 0.15) is 0 Å². The van der Waals surface area contributed by atoms with Gasteiger partial charge in [0, 0.05) is 0 Å². The van der Waals surface area contributed by atoms with Gasteiger partial charge < -0.3 is 54.0 Å². The van der Waals surface area contributed by atoms with E-state index in [9.17, 15) is 0 Å². The molecule has 32 valence electrons. The summed E-state index contributed by atoms with van der Waals surface area (Å²) in [6.07, 6.45) is 0. The summed E-state index contributed by atoms with van der Waals surface area (Å²) in [5.41, 5.74) is 0. The molecule has 0 saturated heterocycles. The van der Waals surface area contributed by atoms with Crippen LogP contribution in [-0.4, -0.2) is 24.4 Å². The first-order valence-electron chi connectivity index (χ1n) is 0. The minimum absolute atomic E-state index is 0. The van der Waals surface area contributed by atoms with Gasteiger partial charge in [-0.15, -0.1) is 0 Å². The molecule has 0 unspecified atom stereocenters. The molecule has 8 heteroatoms. The molecular weight excluding hydrogens is 367 g/mol. The summed E-state index contributed by atoms with van der Waals surface area (Å²) in [5, 5.41) is 0. The number of rotatable bonds is 0. The van der Waals surface area contributed by atoms with Crippen LogP contribution in [0.1, 0.15) is 0 Å². The van der Waals surface area contributed by atoms with Crippen molar-refractivity contribution in [3.05, 3.63) is 0 Å². The molecular formula is K3S4Sb. The second kappa shape index (κ2) is 47.9. The maximum Gasteiger partial charge on any atom is 5.00 e. The fourth-order valence-electron chi connectivity index (χ4n) is 0. The normalized spacial score (nSPS) is 0. The van der Waals surface area contributed by atoms with Gasteiger partial charge in [0.05, 0.1) is 0 Å². The zero-order valence-corrected chi connectivity index (χ0v) is 20.3. The van der Waals surface area contributed by atoms with Crippen LogP contribution in [0.5, 0.6) is 0 Å². The van der Waals surface area contributed by atoms with Gasteiger partial charge in [0.2, 0.25) is 0 Å². The zero-order chi connectivity index (χ0) is 0. The minimum atomic E-state index is 0. The van der Waals surface area contributed by atoms with E-state index in [0.717, 1.165) is 0 Å². The Morgan fingerprint density at radius 3 is 0.375 bits per heavy atom. The summed E-state index contributed by atoms with van der Waals surface area (Å²) < 4.78 is 0. The molecule has 0 aromatic heterocycles. The van der Waals surface area contributed by atoms with Crippen molar-refractivity contribution in [2.45, 2.75) is 0 Å². The van der Waals surface area contributed by atoms with E-state index in [1.165, 1.54) is 0 Å². The molecule has 0 N–H and O–H groups in total. The first-order valence-corrected chi connectivity index (χ1v) is 0. The Hall–Kier alpha value is 7.13. The van der Waals surface area contributed by atoms with Crippen LogP contribution in [-0.2, 0) is 54.0 Å². The van der Waals surface area contributed by atoms with E-state index in [1.807, 2.05) is 0 Å². The predicted octanol–water partition coefficient (Wildman–Crippen LogP) is -9.38. The summed E-state index contributed by atoms with van der Waals surface area (Å²) in [7, 11) is 0. The molecule has 0 aliphatic carbocycles. The molecule has 0 radical (unpaired) electrons. The quantitative estimate of drug-likeness (QED) is 0.373. The Bertz CT molecular complexity index is 11.2. The van der Waals surface area contributed by atoms with Gasteiger partial charge in [-0.3, -0.25) is 0 Å². The summed E-state index contributed by atoms with van der Waals surface area (Å²) in [5.74, 6) is 0. The smallest absolute Gasteiger partial charge is 2.00 e. The Labute approximate surface area is 224 Å². The Morgan fingerprint density at radius 2 is 0.375 bits per heavy atom. The largest absolute Gasteiger partial charge is 5.00 e. The van der Waals surface area contributed by atoms with Crippen molar-refractivity contribution in [1.29, 1.82) is 0 Å². The molecule has 8 heavy (non-hydrogen) atoms. The van der Waals surface area contributed by atoms with Crippen LogP contribution in [0.3, 0.4) is 0 Å². The Kier molecular flexibility index (Phi) is 356. The van der Waals surface area contributed by atoms with Crippen molar-refractivity contribution in [2.75, 3.05) is 0 Å². The third kappa shape index (κ3) is 38.0. The number of hydrogen-bond donors (Lipinski definition) is 0. The molecule has 0 spiro atoms. The molecule has 0 fully saturated rings. The van der Waals surface area contributed by atoms with Crippen LogP contribution < -0.4 is 154 Å². The average Bonchev–Trinajstić information content (AvgIpc) is 0. The van der Waals surface area contributed by atoms with Gasteiger partial charge in [-0.1, -0.05) is 0 Å². The van der Waals surface area contributed by atoms with Gasteiger partial charge in [0.15, 0.2) is 0 Å². The van der Waals surface area contributed by atoms with E-state index in [0.29, 0.717) is 0 Å². The first kappa shape index (κ1) is 59.4. The van der Waals surface area contributed by atoms with Crippen LogP contribution in [0.4, 0.5) is 0 Å². The number of hydrogen-bond acceptors (Lipinski definition) is 0.